The van der Waals surface area contributed by atoms with Gasteiger partial charge in [-0.3, -0.25) is 0 Å². The molecule has 0 saturated carbocycles. The fourth-order valence-corrected chi connectivity index (χ4v) is 1.97. The van der Waals surface area contributed by atoms with Crippen LogP contribution in [-0.2, 0) is 9.84 Å². The second-order valence-electron chi connectivity index (χ2n) is 3.66. The topological polar surface area (TPSA) is 66.4 Å². The number of hydrogen-bond donors (Lipinski definition) is 2. The van der Waals surface area contributed by atoms with Crippen molar-refractivity contribution < 1.29 is 13.5 Å². The lowest BCUT2D eigenvalue weighted by Crippen LogP contribution is -2.20. The second kappa shape index (κ2) is 5.43. The molecule has 1 aromatic carbocycles. The van der Waals surface area contributed by atoms with E-state index in [4.69, 9.17) is 0 Å². The zero-order chi connectivity index (χ0) is 12.2. The van der Waals surface area contributed by atoms with Crippen molar-refractivity contribution in [2.24, 2.45) is 0 Å². The SMILES string of the molecule is CCNCC(O)c1ccc(S(C)(=O)=O)cc1. The molecule has 0 radical (unpaired) electrons. The summed E-state index contributed by atoms with van der Waals surface area (Å²) in [4.78, 5) is 0.270. The highest BCUT2D eigenvalue weighted by molar-refractivity contribution is 7.90. The molecule has 1 unspecified atom stereocenters. The molecule has 0 aromatic heterocycles. The largest absolute Gasteiger partial charge is 0.387 e. The lowest BCUT2D eigenvalue weighted by molar-refractivity contribution is 0.175. The van der Waals surface area contributed by atoms with E-state index in [0.717, 1.165) is 12.8 Å². The third-order valence-electron chi connectivity index (χ3n) is 2.28. The molecular formula is C11H17NO3S. The van der Waals surface area contributed by atoms with Gasteiger partial charge < -0.3 is 10.4 Å². The van der Waals surface area contributed by atoms with E-state index in [-0.39, 0.29) is 4.90 Å². The number of aliphatic hydroxyl groups excluding tert-OH is 1. The van der Waals surface area contributed by atoms with Crippen molar-refractivity contribution in [1.82, 2.24) is 5.32 Å². The molecule has 0 amide bonds. The molecule has 0 heterocycles. The van der Waals surface area contributed by atoms with Gasteiger partial charge in [0.1, 0.15) is 0 Å². The van der Waals surface area contributed by atoms with Gasteiger partial charge in [-0.1, -0.05) is 19.1 Å². The molecule has 1 rings (SSSR count). The van der Waals surface area contributed by atoms with E-state index >= 15 is 0 Å². The summed E-state index contributed by atoms with van der Waals surface area (Å²) in [5.74, 6) is 0. The molecule has 2 N–H and O–H groups in total. The van der Waals surface area contributed by atoms with Crippen LogP contribution in [0, 0.1) is 0 Å². The van der Waals surface area contributed by atoms with Gasteiger partial charge in [-0.05, 0) is 24.2 Å². The summed E-state index contributed by atoms with van der Waals surface area (Å²) in [5.41, 5.74) is 0.716. The second-order valence-corrected chi connectivity index (χ2v) is 5.68. The predicted molar refractivity (Wildman–Crippen MR) is 63.1 cm³/mol. The van der Waals surface area contributed by atoms with Crippen LogP contribution in [0.5, 0.6) is 0 Å². The summed E-state index contributed by atoms with van der Waals surface area (Å²) in [6.45, 7) is 3.21. The summed E-state index contributed by atoms with van der Waals surface area (Å²) in [5, 5.41) is 12.8. The average Bonchev–Trinajstić information content (AvgIpc) is 2.25. The molecule has 0 aliphatic heterocycles. The Labute approximate surface area is 96.2 Å². The molecule has 16 heavy (non-hydrogen) atoms. The number of rotatable bonds is 5. The molecule has 0 spiro atoms. The Kier molecular flexibility index (Phi) is 4.46. The van der Waals surface area contributed by atoms with Crippen LogP contribution in [0.15, 0.2) is 29.2 Å². The Morgan fingerprint density at radius 1 is 1.31 bits per heavy atom. The minimum Gasteiger partial charge on any atom is -0.387 e. The van der Waals surface area contributed by atoms with Crippen molar-refractivity contribution in [2.75, 3.05) is 19.3 Å². The molecule has 0 fully saturated rings. The predicted octanol–water partition coefficient (Wildman–Crippen LogP) is 0.733. The molecule has 0 aliphatic carbocycles. The van der Waals surface area contributed by atoms with Crippen LogP contribution in [0.1, 0.15) is 18.6 Å². The van der Waals surface area contributed by atoms with E-state index in [9.17, 15) is 13.5 Å². The molecule has 4 nitrogen and oxygen atoms in total. The first-order valence-electron chi connectivity index (χ1n) is 5.14. The first-order valence-corrected chi connectivity index (χ1v) is 7.03. The fraction of sp³-hybridized carbons (Fsp3) is 0.455. The summed E-state index contributed by atoms with van der Waals surface area (Å²) in [6, 6.07) is 6.30. The van der Waals surface area contributed by atoms with Crippen LogP contribution in [0.25, 0.3) is 0 Å². The smallest absolute Gasteiger partial charge is 0.175 e. The first kappa shape index (κ1) is 13.2. The minimum absolute atomic E-state index is 0.270. The molecule has 1 aromatic rings. The van der Waals surface area contributed by atoms with Gasteiger partial charge in [0.25, 0.3) is 0 Å². The lowest BCUT2D eigenvalue weighted by atomic mass is 10.1. The van der Waals surface area contributed by atoms with Crippen molar-refractivity contribution in [3.05, 3.63) is 29.8 Å². The van der Waals surface area contributed by atoms with E-state index in [1.54, 1.807) is 12.1 Å². The van der Waals surface area contributed by atoms with Crippen LogP contribution in [-0.4, -0.2) is 32.9 Å². The molecule has 0 saturated heterocycles. The van der Waals surface area contributed by atoms with Crippen molar-refractivity contribution >= 4 is 9.84 Å². The first-order chi connectivity index (χ1) is 7.45. The quantitative estimate of drug-likeness (QED) is 0.800. The number of benzene rings is 1. The summed E-state index contributed by atoms with van der Waals surface area (Å²) in [6.07, 6.45) is 0.561. The number of nitrogens with one attached hydrogen (secondary N) is 1. The normalized spacial score (nSPS) is 13.7. The van der Waals surface area contributed by atoms with Gasteiger partial charge >= 0.3 is 0 Å². The van der Waals surface area contributed by atoms with Gasteiger partial charge in [0, 0.05) is 12.8 Å². The number of aliphatic hydroxyl groups is 1. The van der Waals surface area contributed by atoms with Crippen molar-refractivity contribution in [3.63, 3.8) is 0 Å². The molecule has 90 valence electrons. The van der Waals surface area contributed by atoms with E-state index in [2.05, 4.69) is 5.32 Å². The van der Waals surface area contributed by atoms with Crippen LogP contribution in [0.2, 0.25) is 0 Å². The minimum atomic E-state index is -3.16. The van der Waals surface area contributed by atoms with Gasteiger partial charge in [0.15, 0.2) is 9.84 Å². The van der Waals surface area contributed by atoms with Gasteiger partial charge in [-0.2, -0.15) is 0 Å². The van der Waals surface area contributed by atoms with Gasteiger partial charge in [-0.15, -0.1) is 0 Å². The molecule has 5 heteroatoms. The Balaban J connectivity index is 2.79. The van der Waals surface area contributed by atoms with E-state index in [0.29, 0.717) is 12.1 Å². The maximum atomic E-state index is 11.2. The van der Waals surface area contributed by atoms with E-state index in [1.165, 1.54) is 12.1 Å². The van der Waals surface area contributed by atoms with Crippen LogP contribution < -0.4 is 5.32 Å². The standard InChI is InChI=1S/C11H17NO3S/c1-3-12-8-11(13)9-4-6-10(7-5-9)16(2,14)15/h4-7,11-13H,3,8H2,1-2H3. The maximum absolute atomic E-state index is 11.2. The molecule has 1 atom stereocenters. The molecule has 0 bridgehead atoms. The van der Waals surface area contributed by atoms with Crippen molar-refractivity contribution in [2.45, 2.75) is 17.9 Å². The third-order valence-corrected chi connectivity index (χ3v) is 3.41. The van der Waals surface area contributed by atoms with Gasteiger partial charge in [0.05, 0.1) is 11.0 Å². The summed E-state index contributed by atoms with van der Waals surface area (Å²) >= 11 is 0. The number of likely N-dealkylation sites (N-methyl/N-ethyl adjacent to an activating group) is 1. The molecule has 0 aliphatic rings. The van der Waals surface area contributed by atoms with E-state index in [1.807, 2.05) is 6.92 Å². The monoisotopic (exact) mass is 243 g/mol. The average molecular weight is 243 g/mol. The highest BCUT2D eigenvalue weighted by Gasteiger charge is 2.09. The fourth-order valence-electron chi connectivity index (χ4n) is 1.34. The van der Waals surface area contributed by atoms with Crippen LogP contribution in [0.4, 0.5) is 0 Å². The van der Waals surface area contributed by atoms with Gasteiger partial charge in [-0.25, -0.2) is 8.42 Å². The van der Waals surface area contributed by atoms with Crippen LogP contribution in [0.3, 0.4) is 0 Å². The zero-order valence-corrected chi connectivity index (χ0v) is 10.3. The van der Waals surface area contributed by atoms with Crippen molar-refractivity contribution in [1.29, 1.82) is 0 Å². The Bertz CT molecular complexity index is 425. The summed E-state index contributed by atoms with van der Waals surface area (Å²) in [7, 11) is -3.16. The number of hydrogen-bond acceptors (Lipinski definition) is 4. The van der Waals surface area contributed by atoms with E-state index < -0.39 is 15.9 Å². The summed E-state index contributed by atoms with van der Waals surface area (Å²) < 4.78 is 22.4. The Morgan fingerprint density at radius 3 is 2.31 bits per heavy atom. The zero-order valence-electron chi connectivity index (χ0n) is 9.47. The lowest BCUT2D eigenvalue weighted by Gasteiger charge is -2.11. The Morgan fingerprint density at radius 2 is 1.88 bits per heavy atom. The van der Waals surface area contributed by atoms with Gasteiger partial charge in [0.2, 0.25) is 0 Å². The van der Waals surface area contributed by atoms with Crippen molar-refractivity contribution in [3.8, 4) is 0 Å². The number of sulfone groups is 1. The Hall–Kier alpha value is -0.910. The third kappa shape index (κ3) is 3.59. The molecular weight excluding hydrogens is 226 g/mol. The maximum Gasteiger partial charge on any atom is 0.175 e. The highest BCUT2D eigenvalue weighted by atomic mass is 32.2. The highest BCUT2D eigenvalue weighted by Crippen LogP contribution is 2.15. The van der Waals surface area contributed by atoms with Crippen LogP contribution >= 0.6 is 0 Å².